The van der Waals surface area contributed by atoms with E-state index in [0.717, 1.165) is 16.9 Å². The number of thiazole rings is 1. The first-order chi connectivity index (χ1) is 21.8. The fourth-order valence-corrected chi connectivity index (χ4v) is 6.23. The van der Waals surface area contributed by atoms with E-state index in [4.69, 9.17) is 18.9 Å². The predicted octanol–water partition coefficient (Wildman–Crippen LogP) is 5.42. The zero-order valence-electron chi connectivity index (χ0n) is 24.6. The summed E-state index contributed by atoms with van der Waals surface area (Å²) in [5.74, 6) is 0.677. The number of benzene rings is 3. The van der Waals surface area contributed by atoms with E-state index in [9.17, 15) is 19.7 Å². The van der Waals surface area contributed by atoms with Crippen LogP contribution in [-0.2, 0) is 9.53 Å². The van der Waals surface area contributed by atoms with Gasteiger partial charge in [0.1, 0.15) is 17.3 Å². The number of carbonyl (C=O) groups is 1. The van der Waals surface area contributed by atoms with Gasteiger partial charge in [0.05, 0.1) is 46.0 Å². The third-order valence-electron chi connectivity index (χ3n) is 7.32. The lowest BCUT2D eigenvalue weighted by atomic mass is 9.93. The van der Waals surface area contributed by atoms with Crippen LogP contribution < -0.4 is 19.6 Å². The van der Waals surface area contributed by atoms with Crippen molar-refractivity contribution >= 4 is 34.8 Å². The van der Waals surface area contributed by atoms with E-state index in [1.807, 2.05) is 30.3 Å². The summed E-state index contributed by atoms with van der Waals surface area (Å²) in [6, 6.07) is 23.8. The number of hydrogen-bond acceptors (Lipinski definition) is 9. The molecule has 0 bridgehead atoms. The van der Waals surface area contributed by atoms with Crippen LogP contribution >= 0.6 is 11.3 Å². The highest BCUT2D eigenvalue weighted by Gasteiger charge is 2.35. The van der Waals surface area contributed by atoms with Crippen LogP contribution in [0.4, 0.5) is 5.69 Å². The van der Waals surface area contributed by atoms with Crippen LogP contribution in [0.5, 0.6) is 5.75 Å². The van der Waals surface area contributed by atoms with E-state index in [-0.39, 0.29) is 23.4 Å². The summed E-state index contributed by atoms with van der Waals surface area (Å²) in [6.07, 6.45) is 1.58. The second-order valence-electron chi connectivity index (χ2n) is 10.2. The number of rotatable bonds is 8. The summed E-state index contributed by atoms with van der Waals surface area (Å²) in [5.41, 5.74) is 2.64. The van der Waals surface area contributed by atoms with Crippen LogP contribution in [0.1, 0.15) is 35.4 Å². The minimum absolute atomic E-state index is 0.0744. The molecule has 6 rings (SSSR count). The monoisotopic (exact) mass is 621 g/mol. The van der Waals surface area contributed by atoms with Crippen LogP contribution in [0.2, 0.25) is 0 Å². The third-order valence-corrected chi connectivity index (χ3v) is 8.30. The lowest BCUT2D eigenvalue weighted by Gasteiger charge is -2.26. The molecule has 0 radical (unpaired) electrons. The van der Waals surface area contributed by atoms with Gasteiger partial charge >= 0.3 is 5.97 Å². The van der Waals surface area contributed by atoms with E-state index in [1.165, 1.54) is 10.6 Å². The summed E-state index contributed by atoms with van der Waals surface area (Å²) >= 11 is 1.15. The number of methoxy groups -OCH3 is 1. The number of nitro groups is 1. The van der Waals surface area contributed by atoms with E-state index >= 15 is 0 Å². The van der Waals surface area contributed by atoms with Crippen molar-refractivity contribution in [3.05, 3.63) is 143 Å². The highest BCUT2D eigenvalue weighted by molar-refractivity contribution is 7.07. The molecular weight excluding hydrogens is 594 g/mol. The summed E-state index contributed by atoms with van der Waals surface area (Å²) < 4.78 is 18.6. The van der Waals surface area contributed by atoms with Crippen molar-refractivity contribution in [1.82, 2.24) is 4.57 Å². The number of hydrogen-bond donors (Lipinski definition) is 0. The highest BCUT2D eigenvalue weighted by atomic mass is 32.1. The molecule has 45 heavy (non-hydrogen) atoms. The molecule has 5 aromatic rings. The Balaban J connectivity index is 1.55. The Morgan fingerprint density at radius 1 is 1.09 bits per heavy atom. The minimum atomic E-state index is -0.842. The molecule has 0 fully saturated rings. The Morgan fingerprint density at radius 2 is 1.84 bits per heavy atom. The average molecular weight is 622 g/mol. The number of esters is 1. The second-order valence-corrected chi connectivity index (χ2v) is 11.2. The molecule has 226 valence electrons. The van der Waals surface area contributed by atoms with Gasteiger partial charge in [-0.1, -0.05) is 59.9 Å². The minimum Gasteiger partial charge on any atom is -0.497 e. The molecule has 2 aromatic heterocycles. The van der Waals surface area contributed by atoms with Crippen LogP contribution in [0.15, 0.2) is 105 Å². The Kier molecular flexibility index (Phi) is 8.01. The number of nitro benzene ring substituents is 1. The molecule has 0 saturated carbocycles. The van der Waals surface area contributed by atoms with E-state index < -0.39 is 16.9 Å². The Labute approximate surface area is 261 Å². The van der Waals surface area contributed by atoms with Gasteiger partial charge < -0.3 is 13.9 Å². The number of aromatic nitrogens is 1. The molecular formula is C34H27N3O7S. The lowest BCUT2D eigenvalue weighted by molar-refractivity contribution is -0.384. The number of fused-ring (bicyclic) bond motifs is 1. The van der Waals surface area contributed by atoms with E-state index in [2.05, 4.69) is 0 Å². The Morgan fingerprint density at radius 3 is 2.53 bits per heavy atom. The van der Waals surface area contributed by atoms with Gasteiger partial charge in [0, 0.05) is 17.7 Å². The van der Waals surface area contributed by atoms with Gasteiger partial charge in [-0.2, -0.15) is 0 Å². The smallest absolute Gasteiger partial charge is 0.338 e. The van der Waals surface area contributed by atoms with Crippen molar-refractivity contribution in [2.45, 2.75) is 19.9 Å². The van der Waals surface area contributed by atoms with Crippen LogP contribution in [-0.4, -0.2) is 29.2 Å². The van der Waals surface area contributed by atoms with Gasteiger partial charge in [-0.3, -0.25) is 19.5 Å². The predicted molar refractivity (Wildman–Crippen MR) is 170 cm³/mol. The topological polar surface area (TPSA) is 126 Å². The van der Waals surface area contributed by atoms with Gasteiger partial charge in [-0.15, -0.1) is 0 Å². The van der Waals surface area contributed by atoms with Gasteiger partial charge in [0.15, 0.2) is 4.80 Å². The Bertz CT molecular complexity index is 2140. The molecule has 0 N–H and O–H groups in total. The molecule has 0 saturated heterocycles. The van der Waals surface area contributed by atoms with Crippen molar-refractivity contribution < 1.29 is 23.6 Å². The van der Waals surface area contributed by atoms with Crippen molar-refractivity contribution in [2.24, 2.45) is 4.99 Å². The van der Waals surface area contributed by atoms with E-state index in [1.54, 1.807) is 75.6 Å². The lowest BCUT2D eigenvalue weighted by Crippen LogP contribution is -2.40. The molecule has 11 heteroatoms. The maximum Gasteiger partial charge on any atom is 0.338 e. The quantitative estimate of drug-likeness (QED) is 0.129. The SMILES string of the molecule is CCOC(=O)C1=C(c2ccccc2)N=c2s/c(=C\c3ccc(-c4ccc(C)cc4[N+](=O)[O-])o3)c(=O)n2C1c1ccc(OC)cc1. The van der Waals surface area contributed by atoms with Gasteiger partial charge in [0.25, 0.3) is 11.2 Å². The molecule has 3 heterocycles. The molecule has 1 atom stereocenters. The summed E-state index contributed by atoms with van der Waals surface area (Å²) in [7, 11) is 1.56. The maximum absolute atomic E-state index is 14.1. The van der Waals surface area contributed by atoms with Crippen molar-refractivity contribution in [3.63, 3.8) is 0 Å². The first-order valence-electron chi connectivity index (χ1n) is 14.1. The number of aryl methyl sites for hydroxylation is 1. The summed E-state index contributed by atoms with van der Waals surface area (Å²) in [5, 5.41) is 11.7. The van der Waals surface area contributed by atoms with Gasteiger partial charge in [-0.25, -0.2) is 9.79 Å². The second kappa shape index (κ2) is 12.2. The normalized spacial score (nSPS) is 14.6. The summed E-state index contributed by atoms with van der Waals surface area (Å²) in [4.78, 5) is 44.2. The highest BCUT2D eigenvalue weighted by Crippen LogP contribution is 2.36. The Hall–Kier alpha value is -5.55. The molecule has 1 aliphatic rings. The van der Waals surface area contributed by atoms with Crippen molar-refractivity contribution in [1.29, 1.82) is 0 Å². The zero-order valence-corrected chi connectivity index (χ0v) is 25.4. The molecule has 1 unspecified atom stereocenters. The largest absolute Gasteiger partial charge is 0.497 e. The maximum atomic E-state index is 14.1. The molecule has 3 aromatic carbocycles. The van der Waals surface area contributed by atoms with Crippen LogP contribution in [0, 0.1) is 17.0 Å². The average Bonchev–Trinajstić information content (AvgIpc) is 3.64. The molecule has 10 nitrogen and oxygen atoms in total. The molecule has 0 amide bonds. The van der Waals surface area contributed by atoms with Gasteiger partial charge in [0.2, 0.25) is 0 Å². The standard InChI is InChI=1S/C34H27N3O7S/c1-4-43-33(39)29-30(21-8-6-5-7-9-21)35-34-36(31(29)22-11-13-23(42-3)14-12-22)32(38)28(45-34)19-24-15-17-27(44-24)25-16-10-20(2)18-26(25)37(40)41/h5-19,31H,4H2,1-3H3/b28-19-. The number of nitrogens with zero attached hydrogens (tertiary/aromatic N) is 3. The summed E-state index contributed by atoms with van der Waals surface area (Å²) in [6.45, 7) is 3.64. The number of carbonyl (C=O) groups excluding carboxylic acids is 1. The first kappa shape index (κ1) is 29.5. The fourth-order valence-electron chi connectivity index (χ4n) is 5.25. The zero-order chi connectivity index (χ0) is 31.7. The molecule has 0 spiro atoms. The third kappa shape index (κ3) is 5.61. The first-order valence-corrected chi connectivity index (χ1v) is 14.9. The molecule has 0 aliphatic carbocycles. The van der Waals surface area contributed by atoms with Gasteiger partial charge in [-0.05, 0) is 55.3 Å². The van der Waals surface area contributed by atoms with E-state index in [0.29, 0.717) is 49.0 Å². The van der Waals surface area contributed by atoms with Crippen LogP contribution in [0.3, 0.4) is 0 Å². The van der Waals surface area contributed by atoms with Crippen molar-refractivity contribution in [3.8, 4) is 17.1 Å². The molecule has 1 aliphatic heterocycles. The number of furan rings is 1. The fraction of sp³-hybridized carbons (Fsp3) is 0.147. The van der Waals surface area contributed by atoms with Crippen molar-refractivity contribution in [2.75, 3.05) is 13.7 Å². The van der Waals surface area contributed by atoms with Crippen LogP contribution in [0.25, 0.3) is 23.1 Å². The number of ether oxygens (including phenoxy) is 2.